The number of nitrogens with zero attached hydrogens (tertiary/aromatic N) is 3. The molecular weight excluding hydrogens is 202 g/mol. The molecule has 0 aromatic heterocycles. The number of hydrogen-bond acceptors (Lipinski definition) is 7. The third-order valence-corrected chi connectivity index (χ3v) is 1.99. The molecule has 0 aromatic rings. The molecule has 0 aromatic carbocycles. The summed E-state index contributed by atoms with van der Waals surface area (Å²) in [4.78, 5) is 11.0. The van der Waals surface area contributed by atoms with Gasteiger partial charge in [-0.2, -0.15) is 0 Å². The summed E-state index contributed by atoms with van der Waals surface area (Å²) in [5.74, 6) is 6.27. The highest BCUT2D eigenvalue weighted by Gasteiger charge is 2.17. The average molecular weight is 219 g/mol. The fraction of sp³-hybridized carbons (Fsp3) is 0.857. The number of guanidine groups is 1. The van der Waals surface area contributed by atoms with Crippen molar-refractivity contribution in [1.29, 1.82) is 0 Å². The van der Waals surface area contributed by atoms with Gasteiger partial charge in [0, 0.05) is 6.54 Å². The Bertz CT molecular complexity index is 210. The lowest BCUT2D eigenvalue weighted by atomic mass is 10.4. The van der Waals surface area contributed by atoms with Crippen LogP contribution in [0.5, 0.6) is 0 Å². The average Bonchev–Trinajstić information content (AvgIpc) is 2.51. The van der Waals surface area contributed by atoms with Crippen molar-refractivity contribution in [1.82, 2.24) is 15.4 Å². The molecule has 82 valence electrons. The molecule has 1 aliphatic heterocycles. The van der Waals surface area contributed by atoms with E-state index >= 15 is 0 Å². The number of nitrogens with one attached hydrogen (secondary N) is 1. The van der Waals surface area contributed by atoms with E-state index in [1.54, 1.807) is 0 Å². The summed E-state index contributed by atoms with van der Waals surface area (Å²) in [5, 5.41) is 1.53. The summed E-state index contributed by atoms with van der Waals surface area (Å²) in [6.45, 7) is 1.72. The molecule has 0 saturated carbocycles. The van der Waals surface area contributed by atoms with Gasteiger partial charge in [0.05, 0.1) is 0 Å². The number of nitrogens with two attached hydrogens (primary N) is 1. The van der Waals surface area contributed by atoms with E-state index < -0.39 is 5.56 Å². The molecule has 0 saturated heterocycles. The largest absolute Gasteiger partial charge is 0.309 e. The summed E-state index contributed by atoms with van der Waals surface area (Å²) in [5.41, 5.74) is 2.15. The highest BCUT2D eigenvalue weighted by Crippen LogP contribution is 2.04. The summed E-state index contributed by atoms with van der Waals surface area (Å²) < 4.78 is 0. The standard InChI is InChI=1S/C7H17N5OS/c1-11(2)4-3-5-12(8)6-9-7(14)13-10-6/h7,14H,3-5,8H2,1-2H3,(H,9,10). The van der Waals surface area contributed by atoms with Gasteiger partial charge in [0.25, 0.3) is 0 Å². The summed E-state index contributed by atoms with van der Waals surface area (Å²) in [6.07, 6.45) is 0.974. The van der Waals surface area contributed by atoms with E-state index in [1.807, 2.05) is 14.1 Å². The van der Waals surface area contributed by atoms with Crippen LogP contribution < -0.4 is 11.3 Å². The van der Waals surface area contributed by atoms with Gasteiger partial charge in [0.15, 0.2) is 0 Å². The Morgan fingerprint density at radius 1 is 1.57 bits per heavy atom. The topological polar surface area (TPSA) is 66.1 Å². The molecule has 0 amide bonds. The molecule has 6 nitrogen and oxygen atoms in total. The van der Waals surface area contributed by atoms with Crippen molar-refractivity contribution in [2.45, 2.75) is 12.0 Å². The van der Waals surface area contributed by atoms with Gasteiger partial charge in [-0.3, -0.25) is 5.01 Å². The molecule has 0 bridgehead atoms. The van der Waals surface area contributed by atoms with E-state index in [1.165, 1.54) is 5.01 Å². The molecule has 0 spiro atoms. The fourth-order valence-electron chi connectivity index (χ4n) is 1.06. The predicted molar refractivity (Wildman–Crippen MR) is 58.5 cm³/mol. The minimum atomic E-state index is -0.454. The fourth-order valence-corrected chi connectivity index (χ4v) is 1.22. The van der Waals surface area contributed by atoms with Crippen molar-refractivity contribution in [3.05, 3.63) is 0 Å². The van der Waals surface area contributed by atoms with Crippen LogP contribution in [0.25, 0.3) is 0 Å². The second-order valence-electron chi connectivity index (χ2n) is 3.35. The molecule has 14 heavy (non-hydrogen) atoms. The van der Waals surface area contributed by atoms with Crippen molar-refractivity contribution >= 4 is 18.6 Å². The number of hydrogen-bond donors (Lipinski definition) is 3. The monoisotopic (exact) mass is 219 g/mol. The highest BCUT2D eigenvalue weighted by molar-refractivity contribution is 7.80. The zero-order chi connectivity index (χ0) is 10.6. The number of rotatable bonds is 4. The Labute approximate surface area is 89.4 Å². The van der Waals surface area contributed by atoms with Crippen LogP contribution in [-0.2, 0) is 4.84 Å². The van der Waals surface area contributed by atoms with Gasteiger partial charge in [-0.1, -0.05) is 0 Å². The van der Waals surface area contributed by atoms with Crippen molar-refractivity contribution in [2.75, 3.05) is 27.2 Å². The van der Waals surface area contributed by atoms with Crippen LogP contribution in [0, 0.1) is 0 Å². The zero-order valence-electron chi connectivity index (χ0n) is 8.47. The first kappa shape index (κ1) is 11.6. The quantitative estimate of drug-likeness (QED) is 0.329. The molecule has 1 aliphatic rings. The molecule has 1 rings (SSSR count). The minimum absolute atomic E-state index is 0.454. The van der Waals surface area contributed by atoms with Gasteiger partial charge in [0.2, 0.25) is 11.5 Å². The zero-order valence-corrected chi connectivity index (χ0v) is 9.37. The molecule has 0 aliphatic carbocycles. The van der Waals surface area contributed by atoms with E-state index in [0.29, 0.717) is 5.96 Å². The van der Waals surface area contributed by atoms with E-state index in [2.05, 4.69) is 28.0 Å². The molecule has 7 heteroatoms. The summed E-state index contributed by atoms with van der Waals surface area (Å²) in [6, 6.07) is 0. The Hall–Kier alpha value is -0.500. The van der Waals surface area contributed by atoms with E-state index in [0.717, 1.165) is 19.5 Å². The second kappa shape index (κ2) is 5.40. The molecule has 0 fully saturated rings. The summed E-state index contributed by atoms with van der Waals surface area (Å²) in [7, 11) is 4.05. The van der Waals surface area contributed by atoms with E-state index in [9.17, 15) is 0 Å². The van der Waals surface area contributed by atoms with Crippen molar-refractivity contribution < 1.29 is 4.84 Å². The number of hydroxylamine groups is 1. The van der Waals surface area contributed by atoms with Crippen molar-refractivity contribution in [3.63, 3.8) is 0 Å². The second-order valence-corrected chi connectivity index (χ2v) is 3.79. The molecule has 0 radical (unpaired) electrons. The van der Waals surface area contributed by atoms with Crippen LogP contribution in [-0.4, -0.2) is 48.6 Å². The number of aliphatic imine (C=N–C) groups is 1. The maximum absolute atomic E-state index is 5.73. The Balaban J connectivity index is 2.21. The van der Waals surface area contributed by atoms with Crippen molar-refractivity contribution in [3.8, 4) is 0 Å². The minimum Gasteiger partial charge on any atom is -0.309 e. The molecular formula is C7H17N5OS. The molecule has 1 atom stereocenters. The Kier molecular flexibility index (Phi) is 4.46. The molecule has 1 heterocycles. The van der Waals surface area contributed by atoms with Crippen LogP contribution >= 0.6 is 12.6 Å². The number of thiol groups is 1. The maximum atomic E-state index is 5.73. The van der Waals surface area contributed by atoms with Crippen LogP contribution in [0.15, 0.2) is 4.99 Å². The first-order valence-corrected chi connectivity index (χ1v) is 4.95. The van der Waals surface area contributed by atoms with Crippen molar-refractivity contribution in [2.24, 2.45) is 10.8 Å². The Morgan fingerprint density at radius 3 is 2.79 bits per heavy atom. The van der Waals surface area contributed by atoms with Crippen LogP contribution in [0.2, 0.25) is 0 Å². The first-order valence-electron chi connectivity index (χ1n) is 4.44. The number of hydrazine groups is 1. The van der Waals surface area contributed by atoms with Gasteiger partial charge in [0.1, 0.15) is 0 Å². The van der Waals surface area contributed by atoms with Gasteiger partial charge in [-0.05, 0) is 27.1 Å². The third kappa shape index (κ3) is 3.70. The lowest BCUT2D eigenvalue weighted by Gasteiger charge is -2.18. The van der Waals surface area contributed by atoms with Gasteiger partial charge < -0.3 is 4.90 Å². The van der Waals surface area contributed by atoms with Gasteiger partial charge in [-0.25, -0.2) is 21.2 Å². The van der Waals surface area contributed by atoms with Crippen LogP contribution in [0.1, 0.15) is 6.42 Å². The molecule has 1 unspecified atom stereocenters. The van der Waals surface area contributed by atoms with E-state index in [4.69, 9.17) is 10.7 Å². The SMILES string of the molecule is CN(C)CCCN(N)C1=NC(S)ON1. The van der Waals surface area contributed by atoms with Gasteiger partial charge >= 0.3 is 0 Å². The third-order valence-electron chi connectivity index (χ3n) is 1.76. The first-order chi connectivity index (χ1) is 6.59. The predicted octanol–water partition coefficient (Wildman–Crippen LogP) is -0.782. The van der Waals surface area contributed by atoms with Crippen LogP contribution in [0.4, 0.5) is 0 Å². The van der Waals surface area contributed by atoms with Crippen LogP contribution in [0.3, 0.4) is 0 Å². The lowest BCUT2D eigenvalue weighted by molar-refractivity contribution is 0.0882. The normalized spacial score (nSPS) is 20.9. The molecule has 3 N–H and O–H groups in total. The maximum Gasteiger partial charge on any atom is 0.236 e. The van der Waals surface area contributed by atoms with Gasteiger partial charge in [-0.15, -0.1) is 12.6 Å². The highest BCUT2D eigenvalue weighted by atomic mass is 32.1. The Morgan fingerprint density at radius 2 is 2.29 bits per heavy atom. The lowest BCUT2D eigenvalue weighted by Crippen LogP contribution is -2.44. The van der Waals surface area contributed by atoms with E-state index in [-0.39, 0.29) is 0 Å². The summed E-state index contributed by atoms with van der Waals surface area (Å²) >= 11 is 4.01. The smallest absolute Gasteiger partial charge is 0.236 e.